The lowest BCUT2D eigenvalue weighted by Crippen LogP contribution is -2.38. The second-order valence-corrected chi connectivity index (χ2v) is 4.84. The minimum Gasteiger partial charge on any atom is -0.356 e. The average molecular weight is 295 g/mol. The van der Waals surface area contributed by atoms with Crippen molar-refractivity contribution >= 4 is 5.96 Å². The first kappa shape index (κ1) is 15.6. The molecule has 1 heterocycles. The minimum absolute atomic E-state index is 0.361. The second-order valence-electron chi connectivity index (χ2n) is 4.84. The van der Waals surface area contributed by atoms with E-state index in [1.54, 1.807) is 0 Å². The Morgan fingerprint density at radius 1 is 1.41 bits per heavy atom. The highest BCUT2D eigenvalue weighted by Gasteiger charge is 2.09. The number of aromatic amines is 1. The van der Waals surface area contributed by atoms with Crippen molar-refractivity contribution < 1.29 is 0 Å². The van der Waals surface area contributed by atoms with Crippen LogP contribution in [0.4, 0.5) is 0 Å². The van der Waals surface area contributed by atoms with Crippen molar-refractivity contribution in [1.29, 1.82) is 0 Å². The van der Waals surface area contributed by atoms with E-state index in [1.165, 1.54) is 0 Å². The molecule has 1 aromatic carbocycles. The van der Waals surface area contributed by atoms with E-state index in [9.17, 15) is 0 Å². The van der Waals surface area contributed by atoms with Crippen LogP contribution in [-0.4, -0.2) is 41.0 Å². The molecule has 2 N–H and O–H groups in total. The third-order valence-electron chi connectivity index (χ3n) is 3.12. The molecule has 2 aromatic rings. The van der Waals surface area contributed by atoms with Gasteiger partial charge in [0.1, 0.15) is 12.4 Å². The number of imidazole rings is 1. The van der Waals surface area contributed by atoms with Crippen LogP contribution in [0, 0.1) is 12.3 Å². The lowest BCUT2D eigenvalue weighted by Gasteiger charge is -2.20. The van der Waals surface area contributed by atoms with Crippen molar-refractivity contribution in [3.8, 4) is 23.6 Å². The molecule has 0 aliphatic carbocycles. The summed E-state index contributed by atoms with van der Waals surface area (Å²) in [6.07, 6.45) is 7.12. The van der Waals surface area contributed by atoms with Gasteiger partial charge in [-0.3, -0.25) is 0 Å². The number of aliphatic imine (C=N–C) groups is 1. The Balaban J connectivity index is 2.07. The molecule has 0 atom stereocenters. The van der Waals surface area contributed by atoms with Gasteiger partial charge in [0, 0.05) is 13.6 Å². The Morgan fingerprint density at radius 2 is 2.18 bits per heavy atom. The number of terminal acetylenes is 1. The smallest absolute Gasteiger partial charge is 0.195 e. The van der Waals surface area contributed by atoms with Crippen molar-refractivity contribution in [3.63, 3.8) is 0 Å². The van der Waals surface area contributed by atoms with E-state index >= 15 is 0 Å². The first-order valence-electron chi connectivity index (χ1n) is 7.26. The van der Waals surface area contributed by atoms with E-state index in [0.717, 1.165) is 29.6 Å². The van der Waals surface area contributed by atoms with Gasteiger partial charge in [-0.2, -0.15) is 0 Å². The highest BCUT2D eigenvalue weighted by molar-refractivity contribution is 5.79. The summed E-state index contributed by atoms with van der Waals surface area (Å²) in [6, 6.07) is 10.1. The standard InChI is InChI=1S/C17H21N5/c1-4-11-19-17(18-5-2)22(3)13-16-20-12-15(21-16)14-9-7-6-8-10-14/h1,6-10,12H,5,11,13H2,2-3H3,(H,18,19)(H,20,21). The average Bonchev–Trinajstić information content (AvgIpc) is 3.00. The number of guanidine groups is 1. The minimum atomic E-state index is 0.361. The van der Waals surface area contributed by atoms with Crippen LogP contribution in [0.2, 0.25) is 0 Å². The Morgan fingerprint density at radius 3 is 2.86 bits per heavy atom. The third kappa shape index (κ3) is 4.13. The van der Waals surface area contributed by atoms with Crippen LogP contribution >= 0.6 is 0 Å². The summed E-state index contributed by atoms with van der Waals surface area (Å²) in [5.74, 6) is 4.18. The maximum Gasteiger partial charge on any atom is 0.195 e. The topological polar surface area (TPSA) is 56.3 Å². The lowest BCUT2D eigenvalue weighted by molar-refractivity contribution is 0.465. The van der Waals surface area contributed by atoms with Gasteiger partial charge in [0.05, 0.1) is 18.4 Å². The third-order valence-corrected chi connectivity index (χ3v) is 3.12. The van der Waals surface area contributed by atoms with E-state index in [2.05, 4.69) is 38.3 Å². The van der Waals surface area contributed by atoms with Gasteiger partial charge in [0.15, 0.2) is 5.96 Å². The van der Waals surface area contributed by atoms with E-state index in [4.69, 9.17) is 6.42 Å². The number of H-pyrrole nitrogens is 1. The van der Waals surface area contributed by atoms with E-state index in [-0.39, 0.29) is 0 Å². The summed E-state index contributed by atoms with van der Waals surface area (Å²) in [4.78, 5) is 14.1. The predicted molar refractivity (Wildman–Crippen MR) is 90.3 cm³/mol. The highest BCUT2D eigenvalue weighted by atomic mass is 15.3. The summed E-state index contributed by atoms with van der Waals surface area (Å²) in [5, 5.41) is 3.21. The molecule has 0 aliphatic heterocycles. The zero-order chi connectivity index (χ0) is 15.8. The van der Waals surface area contributed by atoms with Gasteiger partial charge in [-0.25, -0.2) is 9.98 Å². The van der Waals surface area contributed by atoms with Crippen LogP contribution in [-0.2, 0) is 6.54 Å². The zero-order valence-corrected chi connectivity index (χ0v) is 13.0. The van der Waals surface area contributed by atoms with Crippen molar-refractivity contribution in [3.05, 3.63) is 42.4 Å². The maximum atomic E-state index is 5.27. The molecule has 0 bridgehead atoms. The maximum absolute atomic E-state index is 5.27. The molecule has 0 radical (unpaired) electrons. The lowest BCUT2D eigenvalue weighted by atomic mass is 10.2. The van der Waals surface area contributed by atoms with E-state index < -0.39 is 0 Å². The molecular formula is C17H21N5. The fourth-order valence-corrected chi connectivity index (χ4v) is 2.10. The molecule has 0 fully saturated rings. The Kier molecular flexibility index (Phi) is 5.61. The molecule has 1 aromatic heterocycles. The van der Waals surface area contributed by atoms with Gasteiger partial charge in [-0.1, -0.05) is 36.3 Å². The van der Waals surface area contributed by atoms with Gasteiger partial charge in [-0.05, 0) is 12.5 Å². The normalized spacial score (nSPS) is 11.0. The van der Waals surface area contributed by atoms with Gasteiger partial charge in [0.2, 0.25) is 0 Å². The van der Waals surface area contributed by atoms with E-state index in [0.29, 0.717) is 13.1 Å². The van der Waals surface area contributed by atoms with Crippen molar-refractivity contribution in [2.45, 2.75) is 13.5 Å². The van der Waals surface area contributed by atoms with Crippen LogP contribution in [0.1, 0.15) is 12.7 Å². The number of nitrogens with zero attached hydrogens (tertiary/aromatic N) is 3. The van der Waals surface area contributed by atoms with Crippen molar-refractivity contribution in [2.24, 2.45) is 4.99 Å². The van der Waals surface area contributed by atoms with Gasteiger partial charge in [0.25, 0.3) is 0 Å². The molecule has 0 unspecified atom stereocenters. The van der Waals surface area contributed by atoms with Crippen LogP contribution in [0.25, 0.3) is 11.3 Å². The first-order valence-corrected chi connectivity index (χ1v) is 7.26. The Hall–Kier alpha value is -2.74. The number of nitrogens with one attached hydrogen (secondary N) is 2. The molecule has 0 amide bonds. The van der Waals surface area contributed by atoms with Crippen LogP contribution in [0.5, 0.6) is 0 Å². The second kappa shape index (κ2) is 7.89. The number of aromatic nitrogens is 2. The summed E-state index contributed by atoms with van der Waals surface area (Å²) in [7, 11) is 1.96. The molecule has 0 spiro atoms. The van der Waals surface area contributed by atoms with Gasteiger partial charge in [-0.15, -0.1) is 6.42 Å². The predicted octanol–water partition coefficient (Wildman–Crippen LogP) is 2.11. The molecule has 114 valence electrons. The molecule has 2 rings (SSSR count). The molecule has 0 saturated heterocycles. The van der Waals surface area contributed by atoms with Crippen LogP contribution in [0.15, 0.2) is 41.5 Å². The number of benzene rings is 1. The SMILES string of the molecule is C#CCN=C(NCC)N(C)Cc1ncc(-c2ccccc2)[nH]1. The number of hydrogen-bond acceptors (Lipinski definition) is 2. The largest absolute Gasteiger partial charge is 0.356 e. The van der Waals surface area contributed by atoms with Crippen molar-refractivity contribution in [1.82, 2.24) is 20.2 Å². The summed E-state index contributed by atoms with van der Waals surface area (Å²) >= 11 is 0. The first-order chi connectivity index (χ1) is 10.7. The quantitative estimate of drug-likeness (QED) is 0.504. The van der Waals surface area contributed by atoms with E-state index in [1.807, 2.05) is 43.3 Å². The van der Waals surface area contributed by atoms with Crippen LogP contribution < -0.4 is 5.32 Å². The highest BCUT2D eigenvalue weighted by Crippen LogP contribution is 2.16. The fourth-order valence-electron chi connectivity index (χ4n) is 2.10. The fraction of sp³-hybridized carbons (Fsp3) is 0.294. The molecule has 22 heavy (non-hydrogen) atoms. The van der Waals surface area contributed by atoms with Gasteiger partial charge >= 0.3 is 0 Å². The van der Waals surface area contributed by atoms with Crippen molar-refractivity contribution in [2.75, 3.05) is 20.1 Å². The zero-order valence-electron chi connectivity index (χ0n) is 13.0. The molecule has 5 nitrogen and oxygen atoms in total. The summed E-state index contributed by atoms with van der Waals surface area (Å²) in [5.41, 5.74) is 2.13. The number of rotatable bonds is 5. The van der Waals surface area contributed by atoms with Crippen LogP contribution in [0.3, 0.4) is 0 Å². The molecule has 0 saturated carbocycles. The molecular weight excluding hydrogens is 274 g/mol. The molecule has 5 heteroatoms. The Labute approximate surface area is 131 Å². The monoisotopic (exact) mass is 295 g/mol. The molecule has 0 aliphatic rings. The Bertz CT molecular complexity index is 651. The summed E-state index contributed by atoms with van der Waals surface area (Å²) < 4.78 is 0. The van der Waals surface area contributed by atoms with Gasteiger partial charge < -0.3 is 15.2 Å². The number of hydrogen-bond donors (Lipinski definition) is 2. The summed E-state index contributed by atoms with van der Waals surface area (Å²) in [6.45, 7) is 3.81.